The Morgan fingerprint density at radius 2 is 1.46 bits per heavy atom. The molecule has 0 saturated heterocycles. The molecule has 0 bridgehead atoms. The lowest BCUT2D eigenvalue weighted by Gasteiger charge is -2.19. The molecule has 24 heavy (non-hydrogen) atoms. The van der Waals surface area contributed by atoms with Gasteiger partial charge in [-0.2, -0.15) is 0 Å². The van der Waals surface area contributed by atoms with E-state index >= 15 is 0 Å². The van der Waals surface area contributed by atoms with Gasteiger partial charge in [0.05, 0.1) is 0 Å². The normalized spacial score (nSPS) is 13.5. The molecule has 0 aromatic heterocycles. The summed E-state index contributed by atoms with van der Waals surface area (Å²) in [6.07, 6.45) is 7.10. The molecule has 2 atom stereocenters. The molecule has 0 aromatic rings. The van der Waals surface area contributed by atoms with E-state index in [4.69, 9.17) is 19.3 Å². The summed E-state index contributed by atoms with van der Waals surface area (Å²) in [6.45, 7) is 6.23. The zero-order valence-corrected chi connectivity index (χ0v) is 15.4. The van der Waals surface area contributed by atoms with Gasteiger partial charge in [-0.05, 0) is 33.1 Å². The van der Waals surface area contributed by atoms with Crippen LogP contribution >= 0.6 is 0 Å². The van der Waals surface area contributed by atoms with Crippen molar-refractivity contribution in [3.63, 3.8) is 0 Å². The average molecular weight is 346 g/mol. The number of carbonyl (C=O) groups excluding carboxylic acids is 1. The summed E-state index contributed by atoms with van der Waals surface area (Å²) in [5.74, 6) is -0.992. The van der Waals surface area contributed by atoms with Gasteiger partial charge in [-0.3, -0.25) is 9.59 Å². The van der Waals surface area contributed by atoms with Crippen molar-refractivity contribution in [1.29, 1.82) is 0 Å². The molecule has 6 heteroatoms. The SMILES string of the molecule is CCCCOC(C)OC(C)OC(=O)CCCCCCCCC(=O)O. The monoisotopic (exact) mass is 346 g/mol. The van der Waals surface area contributed by atoms with Crippen LogP contribution in [0.2, 0.25) is 0 Å². The number of esters is 1. The minimum atomic E-state index is -0.737. The van der Waals surface area contributed by atoms with Crippen molar-refractivity contribution in [3.05, 3.63) is 0 Å². The Labute approximate surface area is 145 Å². The van der Waals surface area contributed by atoms with Crippen LogP contribution in [0.15, 0.2) is 0 Å². The minimum Gasteiger partial charge on any atom is -0.481 e. The van der Waals surface area contributed by atoms with Crippen molar-refractivity contribution in [3.8, 4) is 0 Å². The van der Waals surface area contributed by atoms with Crippen LogP contribution < -0.4 is 0 Å². The smallest absolute Gasteiger partial charge is 0.308 e. The first kappa shape index (κ1) is 22.9. The Morgan fingerprint density at radius 3 is 2.04 bits per heavy atom. The summed E-state index contributed by atoms with van der Waals surface area (Å²) in [5, 5.41) is 8.53. The summed E-state index contributed by atoms with van der Waals surface area (Å²) >= 11 is 0. The van der Waals surface area contributed by atoms with Gasteiger partial charge in [-0.15, -0.1) is 0 Å². The fourth-order valence-electron chi connectivity index (χ4n) is 2.23. The van der Waals surface area contributed by atoms with Crippen molar-refractivity contribution in [2.24, 2.45) is 0 Å². The Kier molecular flexibility index (Phi) is 14.7. The predicted octanol–water partition coefficient (Wildman–Crippen LogP) is 4.26. The number of ether oxygens (including phenoxy) is 3. The van der Waals surface area contributed by atoms with Crippen LogP contribution in [-0.2, 0) is 23.8 Å². The summed E-state index contributed by atoms with van der Waals surface area (Å²) < 4.78 is 16.1. The van der Waals surface area contributed by atoms with Crippen molar-refractivity contribution in [1.82, 2.24) is 0 Å². The molecule has 0 amide bonds. The van der Waals surface area contributed by atoms with E-state index in [2.05, 4.69) is 6.92 Å². The summed E-state index contributed by atoms with van der Waals surface area (Å²) in [7, 11) is 0. The first-order chi connectivity index (χ1) is 11.5. The zero-order chi connectivity index (χ0) is 18.2. The van der Waals surface area contributed by atoms with Crippen LogP contribution in [0.3, 0.4) is 0 Å². The molecule has 0 aromatic carbocycles. The largest absolute Gasteiger partial charge is 0.481 e. The van der Waals surface area contributed by atoms with Gasteiger partial charge >= 0.3 is 11.9 Å². The van der Waals surface area contributed by atoms with E-state index in [9.17, 15) is 9.59 Å². The van der Waals surface area contributed by atoms with Crippen molar-refractivity contribution >= 4 is 11.9 Å². The lowest BCUT2D eigenvalue weighted by molar-refractivity contribution is -0.229. The maximum Gasteiger partial charge on any atom is 0.308 e. The molecule has 0 saturated carbocycles. The van der Waals surface area contributed by atoms with E-state index in [0.29, 0.717) is 13.0 Å². The van der Waals surface area contributed by atoms with Gasteiger partial charge < -0.3 is 19.3 Å². The second-order valence-corrected chi connectivity index (χ2v) is 6.00. The number of carbonyl (C=O) groups is 2. The molecule has 0 aliphatic heterocycles. The Hall–Kier alpha value is -1.14. The molecule has 0 spiro atoms. The fourth-order valence-corrected chi connectivity index (χ4v) is 2.23. The average Bonchev–Trinajstić information content (AvgIpc) is 2.49. The van der Waals surface area contributed by atoms with Gasteiger partial charge in [0.25, 0.3) is 0 Å². The first-order valence-electron chi connectivity index (χ1n) is 9.14. The molecular formula is C18H34O6. The molecular weight excluding hydrogens is 312 g/mol. The van der Waals surface area contributed by atoms with Crippen LogP contribution in [0.4, 0.5) is 0 Å². The topological polar surface area (TPSA) is 82.1 Å². The van der Waals surface area contributed by atoms with Gasteiger partial charge in [0, 0.05) is 19.4 Å². The molecule has 142 valence electrons. The predicted molar refractivity (Wildman–Crippen MR) is 91.5 cm³/mol. The maximum absolute atomic E-state index is 11.7. The van der Waals surface area contributed by atoms with Crippen LogP contribution in [0.1, 0.15) is 85.0 Å². The Bertz CT molecular complexity index is 331. The highest BCUT2D eigenvalue weighted by atomic mass is 16.8. The molecule has 0 radical (unpaired) electrons. The van der Waals surface area contributed by atoms with E-state index < -0.39 is 12.3 Å². The maximum atomic E-state index is 11.7. The first-order valence-corrected chi connectivity index (χ1v) is 9.14. The molecule has 0 rings (SSSR count). The number of carboxylic acid groups (broad SMARTS) is 1. The molecule has 2 unspecified atom stereocenters. The standard InChI is InChI=1S/C18H34O6/c1-4-5-14-22-15(2)23-16(3)24-18(21)13-11-9-7-6-8-10-12-17(19)20/h15-16H,4-14H2,1-3H3,(H,19,20). The van der Waals surface area contributed by atoms with E-state index in [1.807, 2.05) is 0 Å². The van der Waals surface area contributed by atoms with Crippen LogP contribution in [0.25, 0.3) is 0 Å². The second-order valence-electron chi connectivity index (χ2n) is 6.00. The number of hydrogen-bond donors (Lipinski definition) is 1. The molecule has 0 heterocycles. The quantitative estimate of drug-likeness (QED) is 0.255. The van der Waals surface area contributed by atoms with Crippen LogP contribution in [0.5, 0.6) is 0 Å². The van der Waals surface area contributed by atoms with Crippen molar-refractivity contribution < 1.29 is 28.9 Å². The highest BCUT2D eigenvalue weighted by molar-refractivity contribution is 5.69. The van der Waals surface area contributed by atoms with E-state index in [0.717, 1.165) is 51.4 Å². The summed E-state index contributed by atoms with van der Waals surface area (Å²) in [6, 6.07) is 0. The molecule has 0 fully saturated rings. The lowest BCUT2D eigenvalue weighted by Crippen LogP contribution is -2.25. The third-order valence-electron chi connectivity index (χ3n) is 3.55. The van der Waals surface area contributed by atoms with Gasteiger partial charge in [-0.25, -0.2) is 0 Å². The number of rotatable bonds is 16. The van der Waals surface area contributed by atoms with Crippen molar-refractivity contribution in [2.45, 2.75) is 97.6 Å². The third-order valence-corrected chi connectivity index (χ3v) is 3.55. The summed E-state index contributed by atoms with van der Waals surface area (Å²) in [5.41, 5.74) is 0. The molecule has 0 aliphatic rings. The molecule has 6 nitrogen and oxygen atoms in total. The van der Waals surface area contributed by atoms with Crippen LogP contribution in [0, 0.1) is 0 Å². The number of unbranched alkanes of at least 4 members (excludes halogenated alkanes) is 6. The van der Waals surface area contributed by atoms with Gasteiger partial charge in [0.15, 0.2) is 6.29 Å². The summed E-state index contributed by atoms with van der Waals surface area (Å²) in [4.78, 5) is 22.1. The molecule has 0 aliphatic carbocycles. The Balaban J connectivity index is 3.52. The third kappa shape index (κ3) is 15.7. The number of carboxylic acids is 1. The van der Waals surface area contributed by atoms with Gasteiger partial charge in [0.2, 0.25) is 6.29 Å². The van der Waals surface area contributed by atoms with E-state index in [1.165, 1.54) is 0 Å². The van der Waals surface area contributed by atoms with Gasteiger partial charge in [0.1, 0.15) is 0 Å². The van der Waals surface area contributed by atoms with E-state index in [-0.39, 0.29) is 18.7 Å². The molecule has 1 N–H and O–H groups in total. The second kappa shape index (κ2) is 15.4. The highest BCUT2D eigenvalue weighted by Gasteiger charge is 2.13. The minimum absolute atomic E-state index is 0.241. The Morgan fingerprint density at radius 1 is 0.875 bits per heavy atom. The fraction of sp³-hybridized carbons (Fsp3) is 0.889. The highest BCUT2D eigenvalue weighted by Crippen LogP contribution is 2.10. The lowest BCUT2D eigenvalue weighted by atomic mass is 10.1. The van der Waals surface area contributed by atoms with E-state index in [1.54, 1.807) is 13.8 Å². The van der Waals surface area contributed by atoms with Gasteiger partial charge in [-0.1, -0.05) is 39.0 Å². The van der Waals surface area contributed by atoms with Crippen LogP contribution in [-0.4, -0.2) is 36.2 Å². The number of aliphatic carboxylic acids is 1. The zero-order valence-electron chi connectivity index (χ0n) is 15.4. The number of hydrogen-bond acceptors (Lipinski definition) is 5. The van der Waals surface area contributed by atoms with Crippen molar-refractivity contribution in [2.75, 3.05) is 6.61 Å².